The Labute approximate surface area is 140 Å². The summed E-state index contributed by atoms with van der Waals surface area (Å²) in [5.41, 5.74) is 0.539. The molecule has 0 heterocycles. The summed E-state index contributed by atoms with van der Waals surface area (Å²) in [4.78, 5) is 1.12. The quantitative estimate of drug-likeness (QED) is 0.661. The molecule has 0 aliphatic heterocycles. The highest BCUT2D eigenvalue weighted by Gasteiger charge is 2.26. The lowest BCUT2D eigenvalue weighted by Gasteiger charge is -2.22. The van der Waals surface area contributed by atoms with Crippen molar-refractivity contribution in [2.24, 2.45) is 0 Å². The van der Waals surface area contributed by atoms with Gasteiger partial charge in [0.2, 0.25) is 10.0 Å². The molecule has 0 saturated carbocycles. The van der Waals surface area contributed by atoms with Crippen LogP contribution in [0.3, 0.4) is 0 Å². The topological polar surface area (TPSA) is 86.6 Å². The van der Waals surface area contributed by atoms with Gasteiger partial charge in [0.1, 0.15) is 0 Å². The summed E-state index contributed by atoms with van der Waals surface area (Å²) >= 11 is 1.57. The van der Waals surface area contributed by atoms with Gasteiger partial charge in [0.25, 0.3) is 0 Å². The highest BCUT2D eigenvalue weighted by Crippen LogP contribution is 2.22. The van der Waals surface area contributed by atoms with Crippen LogP contribution in [0.4, 0.5) is 0 Å². The van der Waals surface area contributed by atoms with Crippen molar-refractivity contribution in [2.45, 2.75) is 21.9 Å². The molecule has 0 amide bonds. The van der Waals surface area contributed by atoms with Crippen LogP contribution in [-0.4, -0.2) is 37.5 Å². The zero-order chi connectivity index (χ0) is 16.9. The van der Waals surface area contributed by atoms with E-state index in [0.717, 1.165) is 4.90 Å². The Morgan fingerprint density at radius 2 is 1.70 bits per heavy atom. The van der Waals surface area contributed by atoms with Crippen molar-refractivity contribution in [3.8, 4) is 0 Å². The van der Waals surface area contributed by atoms with Crippen LogP contribution >= 0.6 is 11.8 Å². The summed E-state index contributed by atoms with van der Waals surface area (Å²) in [7, 11) is -3.81. The zero-order valence-electron chi connectivity index (χ0n) is 12.6. The number of rotatable bonds is 7. The molecular weight excluding hydrogens is 334 g/mol. The van der Waals surface area contributed by atoms with Crippen LogP contribution in [0, 0.1) is 0 Å². The fourth-order valence-corrected chi connectivity index (χ4v) is 3.76. The normalized spacial score (nSPS) is 14.4. The third-order valence-electron chi connectivity index (χ3n) is 3.40. The van der Waals surface area contributed by atoms with Gasteiger partial charge in [-0.3, -0.25) is 0 Å². The summed E-state index contributed by atoms with van der Waals surface area (Å²) in [5, 5.41) is 19.8. The second kappa shape index (κ2) is 7.94. The molecule has 2 rings (SSSR count). The first-order chi connectivity index (χ1) is 11.0. The summed E-state index contributed by atoms with van der Waals surface area (Å²) < 4.78 is 27.0. The first-order valence-corrected chi connectivity index (χ1v) is 9.69. The Morgan fingerprint density at radius 3 is 2.22 bits per heavy atom. The Balaban J connectivity index is 2.18. The number of benzene rings is 2. The molecule has 0 radical (unpaired) electrons. The lowest BCUT2D eigenvalue weighted by molar-refractivity contribution is 0.101. The number of sulfonamides is 1. The first kappa shape index (κ1) is 18.0. The molecule has 0 aliphatic rings. The Kier molecular flexibility index (Phi) is 6.20. The predicted molar refractivity (Wildman–Crippen MR) is 90.8 cm³/mol. The van der Waals surface area contributed by atoms with Gasteiger partial charge in [-0.05, 0) is 36.1 Å². The third-order valence-corrected chi connectivity index (χ3v) is 5.64. The van der Waals surface area contributed by atoms with Gasteiger partial charge >= 0.3 is 0 Å². The third kappa shape index (κ3) is 4.55. The largest absolute Gasteiger partial charge is 0.395 e. The number of thioether (sulfide) groups is 1. The van der Waals surface area contributed by atoms with Crippen molar-refractivity contribution in [2.75, 3.05) is 12.9 Å². The minimum Gasteiger partial charge on any atom is -0.395 e. The molecule has 2 atom stereocenters. The lowest BCUT2D eigenvalue weighted by atomic mass is 10.0. The van der Waals surface area contributed by atoms with E-state index < -0.39 is 28.8 Å². The fourth-order valence-electron chi connectivity index (χ4n) is 2.10. The van der Waals surface area contributed by atoms with E-state index in [1.54, 1.807) is 42.1 Å². The van der Waals surface area contributed by atoms with Crippen molar-refractivity contribution in [1.29, 1.82) is 0 Å². The predicted octanol–water partition coefficient (Wildman–Crippen LogP) is 1.78. The average Bonchev–Trinajstić information content (AvgIpc) is 2.60. The van der Waals surface area contributed by atoms with E-state index in [1.165, 1.54) is 12.1 Å². The van der Waals surface area contributed by atoms with Gasteiger partial charge in [-0.25, -0.2) is 13.1 Å². The summed E-state index contributed by atoms with van der Waals surface area (Å²) in [6, 6.07) is 13.9. The summed E-state index contributed by atoms with van der Waals surface area (Å²) in [6.45, 7) is -0.516. The molecule has 3 N–H and O–H groups in total. The van der Waals surface area contributed by atoms with Crippen LogP contribution in [0.25, 0.3) is 0 Å². The average molecular weight is 353 g/mol. The highest BCUT2D eigenvalue weighted by molar-refractivity contribution is 7.98. The molecule has 0 spiro atoms. The van der Waals surface area contributed by atoms with E-state index in [-0.39, 0.29) is 4.90 Å². The van der Waals surface area contributed by atoms with Crippen molar-refractivity contribution < 1.29 is 18.6 Å². The minimum absolute atomic E-state index is 0.0865. The van der Waals surface area contributed by atoms with Crippen LogP contribution in [-0.2, 0) is 10.0 Å². The number of aliphatic hydroxyl groups excluding tert-OH is 2. The van der Waals surface area contributed by atoms with Gasteiger partial charge in [0.15, 0.2) is 0 Å². The maximum Gasteiger partial charge on any atom is 0.240 e. The van der Waals surface area contributed by atoms with Crippen LogP contribution in [0.5, 0.6) is 0 Å². The minimum atomic E-state index is -3.81. The Bertz CT molecular complexity index is 718. The maximum atomic E-state index is 12.3. The molecule has 5 nitrogen and oxygen atoms in total. The molecule has 7 heteroatoms. The lowest BCUT2D eigenvalue weighted by Crippen LogP contribution is -2.41. The Morgan fingerprint density at radius 1 is 1.09 bits per heavy atom. The standard InChI is InChI=1S/C16H19NO4S2/c1-22-13-9-7-12(8-10-13)16(19)15(11-18)17-23(20,21)14-5-3-2-4-6-14/h2-10,15-19H,11H2,1H3. The highest BCUT2D eigenvalue weighted by atomic mass is 32.2. The number of hydrogen-bond donors (Lipinski definition) is 3. The number of nitrogens with one attached hydrogen (secondary N) is 1. The molecule has 2 aromatic carbocycles. The molecule has 0 bridgehead atoms. The van der Waals surface area contributed by atoms with Gasteiger partial charge in [0, 0.05) is 4.90 Å². The van der Waals surface area contributed by atoms with Crippen LogP contribution in [0.15, 0.2) is 64.4 Å². The van der Waals surface area contributed by atoms with Crippen molar-refractivity contribution >= 4 is 21.8 Å². The molecular formula is C16H19NO4S2. The molecule has 0 saturated heterocycles. The van der Waals surface area contributed by atoms with E-state index >= 15 is 0 Å². The zero-order valence-corrected chi connectivity index (χ0v) is 14.2. The van der Waals surface area contributed by atoms with E-state index in [4.69, 9.17) is 0 Å². The van der Waals surface area contributed by atoms with E-state index in [1.807, 2.05) is 18.4 Å². The monoisotopic (exact) mass is 353 g/mol. The first-order valence-electron chi connectivity index (χ1n) is 6.98. The van der Waals surface area contributed by atoms with Crippen LogP contribution in [0.1, 0.15) is 11.7 Å². The molecule has 0 aromatic heterocycles. The molecule has 124 valence electrons. The van der Waals surface area contributed by atoms with E-state index in [2.05, 4.69) is 4.72 Å². The van der Waals surface area contributed by atoms with Gasteiger partial charge in [-0.15, -0.1) is 11.8 Å². The SMILES string of the molecule is CSc1ccc(C(O)C(CO)NS(=O)(=O)c2ccccc2)cc1. The molecule has 2 aromatic rings. The van der Waals surface area contributed by atoms with Crippen LogP contribution < -0.4 is 4.72 Å². The van der Waals surface area contributed by atoms with Crippen LogP contribution in [0.2, 0.25) is 0 Å². The smallest absolute Gasteiger partial charge is 0.240 e. The van der Waals surface area contributed by atoms with Crippen molar-refractivity contribution in [1.82, 2.24) is 4.72 Å². The maximum absolute atomic E-state index is 12.3. The second-order valence-corrected chi connectivity index (χ2v) is 7.54. The number of aliphatic hydroxyl groups is 2. The number of hydrogen-bond acceptors (Lipinski definition) is 5. The molecule has 2 unspecified atom stereocenters. The fraction of sp³-hybridized carbons (Fsp3) is 0.250. The molecule has 23 heavy (non-hydrogen) atoms. The second-order valence-electron chi connectivity index (χ2n) is 4.94. The van der Waals surface area contributed by atoms with Gasteiger partial charge in [0.05, 0.1) is 23.6 Å². The van der Waals surface area contributed by atoms with Gasteiger partial charge < -0.3 is 10.2 Å². The van der Waals surface area contributed by atoms with E-state index in [9.17, 15) is 18.6 Å². The van der Waals surface area contributed by atoms with E-state index in [0.29, 0.717) is 5.56 Å². The van der Waals surface area contributed by atoms with Gasteiger partial charge in [-0.2, -0.15) is 0 Å². The van der Waals surface area contributed by atoms with Crippen molar-refractivity contribution in [3.63, 3.8) is 0 Å². The summed E-state index contributed by atoms with van der Waals surface area (Å²) in [6.07, 6.45) is 0.796. The Hall–Kier alpha value is -1.38. The van der Waals surface area contributed by atoms with Gasteiger partial charge in [-0.1, -0.05) is 30.3 Å². The van der Waals surface area contributed by atoms with Crippen molar-refractivity contribution in [3.05, 3.63) is 60.2 Å². The summed E-state index contributed by atoms with van der Waals surface area (Å²) in [5.74, 6) is 0. The molecule has 0 fully saturated rings. The molecule has 0 aliphatic carbocycles.